The molecule has 0 bridgehead atoms. The zero-order valence-corrected chi connectivity index (χ0v) is 11.3. The summed E-state index contributed by atoms with van der Waals surface area (Å²) in [4.78, 5) is 24.7. The number of carbonyl (C=O) groups excluding carboxylic acids is 2. The van der Waals surface area contributed by atoms with Gasteiger partial charge in [0.1, 0.15) is 5.75 Å². The lowest BCUT2D eigenvalue weighted by Crippen LogP contribution is -2.28. The van der Waals surface area contributed by atoms with Gasteiger partial charge in [-0.15, -0.1) is 0 Å². The number of hydrogen-bond acceptors (Lipinski definition) is 3. The average molecular weight is 283 g/mol. The van der Waals surface area contributed by atoms with Crippen molar-refractivity contribution in [3.8, 4) is 5.75 Å². The van der Waals surface area contributed by atoms with E-state index in [0.29, 0.717) is 23.1 Å². The third-order valence-corrected chi connectivity index (χ3v) is 3.27. The topological polar surface area (TPSA) is 72.6 Å². The number of amides is 2. The monoisotopic (exact) mass is 282 g/mol. The van der Waals surface area contributed by atoms with E-state index in [1.165, 1.54) is 4.90 Å². The zero-order valence-electron chi connectivity index (χ0n) is 10.6. The summed E-state index contributed by atoms with van der Waals surface area (Å²) in [6.07, 6.45) is 0.132. The summed E-state index contributed by atoms with van der Waals surface area (Å²) in [6.45, 7) is 2.61. The molecule has 1 saturated heterocycles. The fourth-order valence-corrected chi connectivity index (χ4v) is 2.28. The molecule has 2 amide bonds. The molecule has 102 valence electrons. The third-order valence-electron chi connectivity index (χ3n) is 3.04. The molecule has 19 heavy (non-hydrogen) atoms. The molecule has 6 heteroatoms. The van der Waals surface area contributed by atoms with Crippen molar-refractivity contribution in [3.05, 3.63) is 23.2 Å². The number of halogens is 1. The number of nitrogens with two attached hydrogens (primary N) is 1. The largest absolute Gasteiger partial charge is 0.492 e. The summed E-state index contributed by atoms with van der Waals surface area (Å²) >= 11 is 5.96. The fourth-order valence-electron chi connectivity index (χ4n) is 2.11. The van der Waals surface area contributed by atoms with Gasteiger partial charge in [0, 0.05) is 18.0 Å². The first-order valence-corrected chi connectivity index (χ1v) is 6.42. The Balaban J connectivity index is 2.33. The lowest BCUT2D eigenvalue weighted by atomic mass is 10.1. The van der Waals surface area contributed by atoms with E-state index in [9.17, 15) is 9.59 Å². The summed E-state index contributed by atoms with van der Waals surface area (Å²) in [5.74, 6) is -0.491. The van der Waals surface area contributed by atoms with Crippen molar-refractivity contribution in [1.82, 2.24) is 0 Å². The van der Waals surface area contributed by atoms with Gasteiger partial charge >= 0.3 is 0 Å². The van der Waals surface area contributed by atoms with Crippen molar-refractivity contribution >= 4 is 29.1 Å². The summed E-state index contributed by atoms with van der Waals surface area (Å²) in [7, 11) is 0. The molecule has 0 radical (unpaired) electrons. The van der Waals surface area contributed by atoms with Crippen molar-refractivity contribution in [1.29, 1.82) is 0 Å². The van der Waals surface area contributed by atoms with Gasteiger partial charge in [-0.05, 0) is 25.1 Å². The molecule has 2 N–H and O–H groups in total. The lowest BCUT2D eigenvalue weighted by molar-refractivity contribution is -0.123. The number of rotatable bonds is 4. The predicted molar refractivity (Wildman–Crippen MR) is 72.3 cm³/mol. The fraction of sp³-hybridized carbons (Fsp3) is 0.385. The first-order valence-electron chi connectivity index (χ1n) is 6.05. The van der Waals surface area contributed by atoms with E-state index >= 15 is 0 Å². The van der Waals surface area contributed by atoms with Gasteiger partial charge in [0.05, 0.1) is 18.2 Å². The molecule has 1 unspecified atom stereocenters. The van der Waals surface area contributed by atoms with Crippen molar-refractivity contribution in [2.45, 2.75) is 13.3 Å². The Morgan fingerprint density at radius 3 is 2.89 bits per heavy atom. The number of hydrogen-bond donors (Lipinski definition) is 1. The Morgan fingerprint density at radius 2 is 2.32 bits per heavy atom. The van der Waals surface area contributed by atoms with Gasteiger partial charge in [-0.2, -0.15) is 0 Å². The van der Waals surface area contributed by atoms with E-state index in [2.05, 4.69) is 0 Å². The minimum Gasteiger partial charge on any atom is -0.492 e. The van der Waals surface area contributed by atoms with Crippen LogP contribution in [0.2, 0.25) is 5.02 Å². The molecule has 1 aliphatic heterocycles. The first kappa shape index (κ1) is 13.7. The van der Waals surface area contributed by atoms with Crippen molar-refractivity contribution in [2.75, 3.05) is 18.1 Å². The molecule has 1 aliphatic rings. The van der Waals surface area contributed by atoms with E-state index in [-0.39, 0.29) is 18.9 Å². The highest BCUT2D eigenvalue weighted by atomic mass is 35.5. The van der Waals surface area contributed by atoms with Gasteiger partial charge in [0.2, 0.25) is 11.8 Å². The number of primary amides is 1. The van der Waals surface area contributed by atoms with Crippen molar-refractivity contribution in [2.24, 2.45) is 11.7 Å². The molecule has 0 spiro atoms. The number of anilines is 1. The number of benzene rings is 1. The molecule has 1 aromatic carbocycles. The lowest BCUT2D eigenvalue weighted by Gasteiger charge is -2.20. The molecule has 2 rings (SSSR count). The minimum atomic E-state index is -0.462. The summed E-state index contributed by atoms with van der Waals surface area (Å²) in [6, 6.07) is 5.07. The summed E-state index contributed by atoms with van der Waals surface area (Å²) in [5.41, 5.74) is 5.84. The zero-order chi connectivity index (χ0) is 14.0. The van der Waals surface area contributed by atoms with Crippen LogP contribution < -0.4 is 15.4 Å². The maximum Gasteiger partial charge on any atom is 0.227 e. The highest BCUT2D eigenvalue weighted by Gasteiger charge is 2.35. The number of carbonyl (C=O) groups is 2. The Labute approximate surface area is 116 Å². The second-order valence-electron chi connectivity index (χ2n) is 4.35. The summed E-state index contributed by atoms with van der Waals surface area (Å²) < 4.78 is 5.48. The Bertz CT molecular complexity index is 519. The maximum atomic E-state index is 12.0. The van der Waals surface area contributed by atoms with Crippen LogP contribution in [0.4, 0.5) is 5.69 Å². The van der Waals surface area contributed by atoms with Gasteiger partial charge in [-0.1, -0.05) is 11.6 Å². The van der Waals surface area contributed by atoms with Gasteiger partial charge in [0.25, 0.3) is 0 Å². The maximum absolute atomic E-state index is 12.0. The van der Waals surface area contributed by atoms with Crippen LogP contribution in [0, 0.1) is 5.92 Å². The van der Waals surface area contributed by atoms with E-state index in [1.807, 2.05) is 6.92 Å². The molecule has 0 aromatic heterocycles. The van der Waals surface area contributed by atoms with Crippen LogP contribution >= 0.6 is 11.6 Å². The quantitative estimate of drug-likeness (QED) is 0.911. The molecule has 1 heterocycles. The van der Waals surface area contributed by atoms with E-state index in [4.69, 9.17) is 22.1 Å². The van der Waals surface area contributed by atoms with Crippen LogP contribution in [-0.2, 0) is 9.59 Å². The minimum absolute atomic E-state index is 0.132. The Morgan fingerprint density at radius 1 is 1.58 bits per heavy atom. The van der Waals surface area contributed by atoms with Gasteiger partial charge in [-0.25, -0.2) is 0 Å². The Kier molecular flexibility index (Phi) is 3.95. The normalized spacial score (nSPS) is 18.7. The predicted octanol–water partition coefficient (Wildman–Crippen LogP) is 1.58. The SMILES string of the molecule is CCOc1ccc(Cl)cc1N1CC(C(N)=O)CC1=O. The molecular formula is C13H15ClN2O3. The standard InChI is InChI=1S/C13H15ClN2O3/c1-2-19-11-4-3-9(14)6-10(11)16-7-8(13(15)18)5-12(16)17/h3-4,6,8H,2,5,7H2,1H3,(H2,15,18). The molecule has 1 atom stereocenters. The Hall–Kier alpha value is -1.75. The third kappa shape index (κ3) is 2.81. The van der Waals surface area contributed by atoms with Crippen molar-refractivity contribution < 1.29 is 14.3 Å². The van der Waals surface area contributed by atoms with E-state index < -0.39 is 11.8 Å². The van der Waals surface area contributed by atoms with Crippen LogP contribution in [-0.4, -0.2) is 25.0 Å². The highest BCUT2D eigenvalue weighted by molar-refractivity contribution is 6.31. The van der Waals surface area contributed by atoms with Crippen LogP contribution in [0.25, 0.3) is 0 Å². The second kappa shape index (κ2) is 5.48. The second-order valence-corrected chi connectivity index (χ2v) is 4.79. The van der Waals surface area contributed by atoms with E-state index in [0.717, 1.165) is 0 Å². The van der Waals surface area contributed by atoms with Crippen LogP contribution in [0.3, 0.4) is 0 Å². The smallest absolute Gasteiger partial charge is 0.227 e. The molecule has 5 nitrogen and oxygen atoms in total. The van der Waals surface area contributed by atoms with Gasteiger partial charge < -0.3 is 15.4 Å². The average Bonchev–Trinajstić information content (AvgIpc) is 2.74. The molecule has 1 fully saturated rings. The van der Waals surface area contributed by atoms with Crippen molar-refractivity contribution in [3.63, 3.8) is 0 Å². The molecular weight excluding hydrogens is 268 g/mol. The first-order chi connectivity index (χ1) is 9.02. The molecule has 1 aromatic rings. The van der Waals surface area contributed by atoms with Crippen LogP contribution in [0.5, 0.6) is 5.75 Å². The number of nitrogens with zero attached hydrogens (tertiary/aromatic N) is 1. The highest BCUT2D eigenvalue weighted by Crippen LogP contribution is 2.35. The summed E-state index contributed by atoms with van der Waals surface area (Å²) in [5, 5.41) is 0.508. The van der Waals surface area contributed by atoms with E-state index in [1.54, 1.807) is 18.2 Å². The number of ether oxygens (including phenoxy) is 1. The van der Waals surface area contributed by atoms with Crippen LogP contribution in [0.15, 0.2) is 18.2 Å². The van der Waals surface area contributed by atoms with Gasteiger partial charge in [-0.3, -0.25) is 9.59 Å². The molecule has 0 aliphatic carbocycles. The van der Waals surface area contributed by atoms with Gasteiger partial charge in [0.15, 0.2) is 0 Å². The van der Waals surface area contributed by atoms with Crippen LogP contribution in [0.1, 0.15) is 13.3 Å². The molecule has 0 saturated carbocycles.